The van der Waals surface area contributed by atoms with Gasteiger partial charge in [0.15, 0.2) is 0 Å². The van der Waals surface area contributed by atoms with Crippen LogP contribution in [0.2, 0.25) is 0 Å². The van der Waals surface area contributed by atoms with E-state index in [0.29, 0.717) is 18.5 Å². The van der Waals surface area contributed by atoms with Crippen LogP contribution in [0.1, 0.15) is 35.3 Å². The van der Waals surface area contributed by atoms with Crippen LogP contribution in [0.25, 0.3) is 5.69 Å². The summed E-state index contributed by atoms with van der Waals surface area (Å²) < 4.78 is 1.81. The third-order valence-corrected chi connectivity index (χ3v) is 4.05. The lowest BCUT2D eigenvalue weighted by molar-refractivity contribution is -0.122. The Hall–Kier alpha value is -2.63. The van der Waals surface area contributed by atoms with Crippen molar-refractivity contribution in [1.29, 1.82) is 0 Å². The van der Waals surface area contributed by atoms with E-state index in [1.54, 1.807) is 23.0 Å². The van der Waals surface area contributed by atoms with Crippen molar-refractivity contribution in [2.45, 2.75) is 32.2 Å². The topological polar surface area (TPSA) is 76.0 Å². The summed E-state index contributed by atoms with van der Waals surface area (Å²) >= 11 is 0. The zero-order valence-corrected chi connectivity index (χ0v) is 13.1. The lowest BCUT2D eigenvalue weighted by atomic mass is 10.1. The van der Waals surface area contributed by atoms with E-state index in [4.69, 9.17) is 0 Å². The molecule has 0 saturated carbocycles. The first-order valence-corrected chi connectivity index (χ1v) is 7.85. The van der Waals surface area contributed by atoms with Gasteiger partial charge in [-0.1, -0.05) is 0 Å². The quantitative estimate of drug-likeness (QED) is 0.903. The van der Waals surface area contributed by atoms with Gasteiger partial charge in [-0.2, -0.15) is 5.10 Å². The second-order valence-electron chi connectivity index (χ2n) is 5.74. The van der Waals surface area contributed by atoms with Gasteiger partial charge in [0, 0.05) is 24.0 Å². The summed E-state index contributed by atoms with van der Waals surface area (Å²) in [6, 6.07) is 8.67. The van der Waals surface area contributed by atoms with Crippen LogP contribution in [-0.4, -0.2) is 34.2 Å². The highest BCUT2D eigenvalue weighted by Crippen LogP contribution is 2.12. The van der Waals surface area contributed by atoms with Gasteiger partial charge in [-0.15, -0.1) is 0 Å². The van der Waals surface area contributed by atoms with Crippen LogP contribution < -0.4 is 10.6 Å². The summed E-state index contributed by atoms with van der Waals surface area (Å²) in [5.41, 5.74) is 2.46. The number of nitrogens with one attached hydrogen (secondary N) is 2. The van der Waals surface area contributed by atoms with Crippen LogP contribution >= 0.6 is 0 Å². The SMILES string of the molecule is Cc1ccnn1-c1ccc(C(=O)NC2CCCCNC2=O)cc1. The monoisotopic (exact) mass is 312 g/mol. The fourth-order valence-electron chi connectivity index (χ4n) is 2.71. The van der Waals surface area contributed by atoms with E-state index in [2.05, 4.69) is 15.7 Å². The van der Waals surface area contributed by atoms with Crippen molar-refractivity contribution in [3.05, 3.63) is 47.8 Å². The fourth-order valence-corrected chi connectivity index (χ4v) is 2.71. The predicted molar refractivity (Wildman–Crippen MR) is 86.4 cm³/mol. The van der Waals surface area contributed by atoms with Gasteiger partial charge in [0.2, 0.25) is 5.91 Å². The van der Waals surface area contributed by atoms with Gasteiger partial charge < -0.3 is 10.6 Å². The average molecular weight is 312 g/mol. The maximum atomic E-state index is 12.3. The normalized spacial score (nSPS) is 18.1. The minimum atomic E-state index is -0.446. The van der Waals surface area contributed by atoms with Crippen molar-refractivity contribution in [2.75, 3.05) is 6.54 Å². The Balaban J connectivity index is 1.70. The van der Waals surface area contributed by atoms with Crippen LogP contribution in [0, 0.1) is 6.92 Å². The number of amides is 2. The molecule has 1 saturated heterocycles. The molecule has 1 fully saturated rings. The van der Waals surface area contributed by atoms with Gasteiger partial charge in [-0.05, 0) is 56.5 Å². The van der Waals surface area contributed by atoms with Crippen molar-refractivity contribution in [3.63, 3.8) is 0 Å². The molecule has 3 rings (SSSR count). The Morgan fingerprint density at radius 3 is 2.74 bits per heavy atom. The third-order valence-electron chi connectivity index (χ3n) is 4.05. The molecule has 1 aliphatic heterocycles. The highest BCUT2D eigenvalue weighted by molar-refractivity contribution is 5.97. The van der Waals surface area contributed by atoms with Gasteiger partial charge in [0.05, 0.1) is 5.69 Å². The molecule has 6 heteroatoms. The molecule has 0 radical (unpaired) electrons. The van der Waals surface area contributed by atoms with Crippen molar-refractivity contribution in [3.8, 4) is 5.69 Å². The van der Waals surface area contributed by atoms with Crippen LogP contribution in [-0.2, 0) is 4.79 Å². The molecule has 0 bridgehead atoms. The second-order valence-corrected chi connectivity index (χ2v) is 5.74. The number of carbonyl (C=O) groups excluding carboxylic acids is 2. The van der Waals surface area contributed by atoms with E-state index < -0.39 is 6.04 Å². The van der Waals surface area contributed by atoms with Gasteiger partial charge >= 0.3 is 0 Å². The molecule has 2 aromatic rings. The minimum Gasteiger partial charge on any atom is -0.354 e. The zero-order chi connectivity index (χ0) is 16.2. The molecular formula is C17H20N4O2. The van der Waals surface area contributed by atoms with Crippen molar-refractivity contribution in [1.82, 2.24) is 20.4 Å². The van der Waals surface area contributed by atoms with E-state index in [1.807, 2.05) is 25.1 Å². The molecule has 2 N–H and O–H groups in total. The van der Waals surface area contributed by atoms with Gasteiger partial charge in [-0.25, -0.2) is 4.68 Å². The molecule has 0 spiro atoms. The molecule has 1 unspecified atom stereocenters. The summed E-state index contributed by atoms with van der Waals surface area (Å²) in [5.74, 6) is -0.324. The Bertz CT molecular complexity index is 706. The Labute approximate surface area is 134 Å². The van der Waals surface area contributed by atoms with E-state index in [-0.39, 0.29) is 11.8 Å². The van der Waals surface area contributed by atoms with Gasteiger partial charge in [0.25, 0.3) is 5.91 Å². The zero-order valence-electron chi connectivity index (χ0n) is 13.1. The van der Waals surface area contributed by atoms with Crippen LogP contribution in [0.3, 0.4) is 0 Å². The summed E-state index contributed by atoms with van der Waals surface area (Å²) in [6.45, 7) is 2.65. The number of hydrogen-bond donors (Lipinski definition) is 2. The Morgan fingerprint density at radius 1 is 1.26 bits per heavy atom. The van der Waals surface area contributed by atoms with E-state index >= 15 is 0 Å². The number of benzene rings is 1. The highest BCUT2D eigenvalue weighted by atomic mass is 16.2. The molecule has 6 nitrogen and oxygen atoms in total. The number of aromatic nitrogens is 2. The average Bonchev–Trinajstić information content (AvgIpc) is 2.89. The fraction of sp³-hybridized carbons (Fsp3) is 0.353. The maximum Gasteiger partial charge on any atom is 0.251 e. The second kappa shape index (κ2) is 6.64. The number of rotatable bonds is 3. The summed E-state index contributed by atoms with van der Waals surface area (Å²) in [5, 5.41) is 9.87. The van der Waals surface area contributed by atoms with Gasteiger partial charge in [0.1, 0.15) is 6.04 Å². The first kappa shape index (κ1) is 15.3. The molecule has 23 heavy (non-hydrogen) atoms. The van der Waals surface area contributed by atoms with Gasteiger partial charge in [-0.3, -0.25) is 9.59 Å². The molecule has 1 atom stereocenters. The Kier molecular flexibility index (Phi) is 4.41. The first-order chi connectivity index (χ1) is 11.1. The van der Waals surface area contributed by atoms with Crippen LogP contribution in [0.4, 0.5) is 0 Å². The number of nitrogens with zero attached hydrogens (tertiary/aromatic N) is 2. The van der Waals surface area contributed by atoms with E-state index in [9.17, 15) is 9.59 Å². The predicted octanol–water partition coefficient (Wildman–Crippen LogP) is 1.58. The molecule has 120 valence electrons. The standard InChI is InChI=1S/C17H20N4O2/c1-12-9-11-19-21(12)14-7-5-13(6-8-14)16(22)20-15-4-2-3-10-18-17(15)23/h5-9,11,15H,2-4,10H2,1H3,(H,18,23)(H,20,22). The number of hydrogen-bond acceptors (Lipinski definition) is 3. The van der Waals surface area contributed by atoms with Crippen molar-refractivity contribution >= 4 is 11.8 Å². The van der Waals surface area contributed by atoms with Crippen molar-refractivity contribution in [2.24, 2.45) is 0 Å². The molecule has 1 aromatic heterocycles. The minimum absolute atomic E-state index is 0.0976. The molecular weight excluding hydrogens is 292 g/mol. The largest absolute Gasteiger partial charge is 0.354 e. The smallest absolute Gasteiger partial charge is 0.251 e. The first-order valence-electron chi connectivity index (χ1n) is 7.85. The van der Waals surface area contributed by atoms with E-state index in [1.165, 1.54) is 0 Å². The highest BCUT2D eigenvalue weighted by Gasteiger charge is 2.22. The maximum absolute atomic E-state index is 12.3. The van der Waals surface area contributed by atoms with Crippen LogP contribution in [0.15, 0.2) is 36.5 Å². The Morgan fingerprint density at radius 2 is 2.04 bits per heavy atom. The summed E-state index contributed by atoms with van der Waals surface area (Å²) in [4.78, 5) is 24.2. The summed E-state index contributed by atoms with van der Waals surface area (Å²) in [7, 11) is 0. The third kappa shape index (κ3) is 3.41. The molecule has 2 heterocycles. The van der Waals surface area contributed by atoms with Crippen molar-refractivity contribution < 1.29 is 9.59 Å². The number of carbonyl (C=O) groups is 2. The lowest BCUT2D eigenvalue weighted by Gasteiger charge is -2.15. The molecule has 0 aliphatic carbocycles. The lowest BCUT2D eigenvalue weighted by Crippen LogP contribution is -2.45. The molecule has 2 amide bonds. The molecule has 1 aliphatic rings. The van der Waals surface area contributed by atoms with Crippen LogP contribution in [0.5, 0.6) is 0 Å². The molecule has 1 aromatic carbocycles. The summed E-state index contributed by atoms with van der Waals surface area (Å²) in [6.07, 6.45) is 4.31. The number of aryl methyl sites for hydroxylation is 1. The van der Waals surface area contributed by atoms with E-state index in [0.717, 1.165) is 24.2 Å².